The van der Waals surface area contributed by atoms with Gasteiger partial charge in [0.2, 0.25) is 0 Å². The van der Waals surface area contributed by atoms with Gasteiger partial charge in [0.1, 0.15) is 11.9 Å². The maximum Gasteiger partial charge on any atom is 0.330 e. The average Bonchev–Trinajstić information content (AvgIpc) is 3.93. The number of hydrogen-bond donors (Lipinski definition) is 7. The van der Waals surface area contributed by atoms with Crippen LogP contribution in [-0.2, 0) is 30.3 Å². The fourth-order valence-electron chi connectivity index (χ4n) is 7.19. The monoisotopic (exact) mass is 983 g/mol. The number of epoxide rings is 1. The molecule has 2 aromatic heterocycles. The van der Waals surface area contributed by atoms with Crippen molar-refractivity contribution in [3.8, 4) is 0 Å². The number of esters is 1. The molecule has 3 aromatic rings. The molecule has 334 valence electrons. The molecule has 60 heavy (non-hydrogen) atoms. The third-order valence-corrected chi connectivity index (χ3v) is 14.8. The van der Waals surface area contributed by atoms with E-state index in [9.17, 15) is 29.7 Å². The molecule has 0 bridgehead atoms. The topological polar surface area (TPSA) is 203 Å². The van der Waals surface area contributed by atoms with E-state index in [4.69, 9.17) is 19.3 Å². The zero-order valence-electron chi connectivity index (χ0n) is 35.1. The number of fused-ring (bicyclic) bond motifs is 1. The molecule has 2 aliphatic heterocycles. The van der Waals surface area contributed by atoms with Crippen LogP contribution in [0, 0.1) is 18.8 Å². The quantitative estimate of drug-likeness (QED) is 0.0213. The van der Waals surface area contributed by atoms with E-state index in [2.05, 4.69) is 54.4 Å². The number of carbonyl (C=O) groups excluding carboxylic acids is 1. The van der Waals surface area contributed by atoms with Crippen molar-refractivity contribution in [2.45, 2.75) is 135 Å². The maximum absolute atomic E-state index is 12.1. The molecule has 13 nitrogen and oxygen atoms in total. The molecule has 0 unspecified atom stereocenters. The van der Waals surface area contributed by atoms with Crippen LogP contribution >= 0.6 is 43.2 Å². The molecule has 0 saturated carbocycles. The highest BCUT2D eigenvalue weighted by Gasteiger charge is 2.48. The zero-order chi connectivity index (χ0) is 43.8. The van der Waals surface area contributed by atoms with Gasteiger partial charge in [-0.25, -0.2) is 4.79 Å². The van der Waals surface area contributed by atoms with E-state index in [-0.39, 0.29) is 35.9 Å². The van der Waals surface area contributed by atoms with Gasteiger partial charge in [-0.15, -0.1) is 11.3 Å². The van der Waals surface area contributed by atoms with Crippen LogP contribution in [0.2, 0.25) is 0 Å². The Morgan fingerprint density at radius 1 is 1.03 bits per heavy atom. The van der Waals surface area contributed by atoms with Crippen LogP contribution in [-0.4, -0.2) is 100 Å². The lowest BCUT2D eigenvalue weighted by molar-refractivity contribution is -0.165. The van der Waals surface area contributed by atoms with Crippen LogP contribution in [0.3, 0.4) is 0 Å². The first-order chi connectivity index (χ1) is 28.7. The standard InChI is InChI=1S/C26H44O9.C18H19Br2N3OS/c1-16(13-23(30)33-11-9-7-5-4-6-8-10-22(28)29)12-20-25(32)24(31)19(15-34-20)14-21-26(35-21)17(2)18(3)27;1-11-15(25-18(20)17(11)19)10-21-7-4-8-22-16-9-14(24)12-5-2-3-6-13(12)23-16/h13,17-21,24-27,31-32H,4-12,14-15H2,1-3H3,(H,28,29);2-3,5-6,9,21H,4,7-8,10H2,1H3,(H2,22,23,24)/b16-13+;/t17-,18-,19-,20-,21+,24+,25-,26-;/m0./s1. The largest absolute Gasteiger partial charge is 0.481 e. The van der Waals surface area contributed by atoms with Gasteiger partial charge in [-0.1, -0.05) is 50.3 Å². The first-order valence-electron chi connectivity index (χ1n) is 21.0. The summed E-state index contributed by atoms with van der Waals surface area (Å²) in [6.07, 6.45) is 5.59. The number of aromatic nitrogens is 1. The summed E-state index contributed by atoms with van der Waals surface area (Å²) >= 11 is 8.89. The molecule has 0 spiro atoms. The molecule has 0 aliphatic carbocycles. The van der Waals surface area contributed by atoms with Crippen molar-refractivity contribution in [1.29, 1.82) is 0 Å². The van der Waals surface area contributed by atoms with Gasteiger partial charge in [0.25, 0.3) is 0 Å². The number of ether oxygens (including phenoxy) is 3. The van der Waals surface area contributed by atoms with Gasteiger partial charge in [0.15, 0.2) is 5.43 Å². The van der Waals surface area contributed by atoms with Gasteiger partial charge in [0.05, 0.1) is 53.0 Å². The smallest absolute Gasteiger partial charge is 0.330 e. The number of para-hydroxylation sites is 1. The summed E-state index contributed by atoms with van der Waals surface area (Å²) < 4.78 is 19.0. The number of unbranched alkanes of at least 4 members (excludes halogenated alkanes) is 5. The first-order valence-corrected chi connectivity index (χ1v) is 23.4. The summed E-state index contributed by atoms with van der Waals surface area (Å²) in [5, 5.41) is 47.0. The summed E-state index contributed by atoms with van der Waals surface area (Å²) in [4.78, 5) is 39.2. The summed E-state index contributed by atoms with van der Waals surface area (Å²) in [6, 6.07) is 9.19. The average molecular weight is 986 g/mol. The van der Waals surface area contributed by atoms with E-state index >= 15 is 0 Å². The van der Waals surface area contributed by atoms with Crippen molar-refractivity contribution < 1.29 is 44.2 Å². The summed E-state index contributed by atoms with van der Waals surface area (Å²) in [6.45, 7) is 10.8. The predicted molar refractivity (Wildman–Crippen MR) is 242 cm³/mol. The number of benzene rings is 1. The molecule has 2 fully saturated rings. The lowest BCUT2D eigenvalue weighted by Crippen LogP contribution is -2.50. The first kappa shape index (κ1) is 50.0. The molecule has 4 heterocycles. The molecule has 0 amide bonds. The van der Waals surface area contributed by atoms with E-state index in [1.807, 2.05) is 31.2 Å². The third-order valence-electron chi connectivity index (χ3n) is 11.1. The third kappa shape index (κ3) is 16.2. The van der Waals surface area contributed by atoms with Crippen molar-refractivity contribution in [3.05, 3.63) is 70.9 Å². The minimum atomic E-state index is -1.06. The second-order valence-corrected chi connectivity index (χ2v) is 19.2. The van der Waals surface area contributed by atoms with Crippen LogP contribution in [0.25, 0.3) is 10.9 Å². The molecule has 7 N–H and O–H groups in total. The normalized spacial score (nSPS) is 22.4. The Morgan fingerprint density at radius 3 is 2.45 bits per heavy atom. The molecular formula is C44H63Br2N3O10S. The number of H-pyrrole nitrogens is 1. The Labute approximate surface area is 373 Å². The number of carbonyl (C=O) groups is 2. The van der Waals surface area contributed by atoms with E-state index in [0.29, 0.717) is 38.0 Å². The highest BCUT2D eigenvalue weighted by Crippen LogP contribution is 2.39. The van der Waals surface area contributed by atoms with Gasteiger partial charge in [-0.05, 0) is 109 Å². The number of aliphatic hydroxyl groups excluding tert-OH is 3. The molecule has 2 aliphatic rings. The van der Waals surface area contributed by atoms with Gasteiger partial charge in [-0.3, -0.25) is 9.59 Å². The maximum atomic E-state index is 12.1. The summed E-state index contributed by atoms with van der Waals surface area (Å²) in [7, 11) is 0. The van der Waals surface area contributed by atoms with E-state index in [1.54, 1.807) is 31.3 Å². The highest BCUT2D eigenvalue weighted by atomic mass is 79.9. The molecule has 5 rings (SSSR count). The number of carboxylic acids is 1. The number of aromatic amines is 1. The molecule has 8 atom stereocenters. The number of carboxylic acid groups (broad SMARTS) is 1. The number of hydrogen-bond acceptors (Lipinski definition) is 12. The fraction of sp³-hybridized carbons (Fsp3) is 0.614. The Morgan fingerprint density at radius 2 is 1.75 bits per heavy atom. The molecule has 16 heteroatoms. The minimum Gasteiger partial charge on any atom is -0.481 e. The number of aliphatic carboxylic acids is 1. The molecule has 2 saturated heterocycles. The van der Waals surface area contributed by atoms with E-state index in [0.717, 1.165) is 83.1 Å². The van der Waals surface area contributed by atoms with Gasteiger partial charge in [-0.2, -0.15) is 0 Å². The predicted octanol–water partition coefficient (Wildman–Crippen LogP) is 7.61. The SMILES string of the molecule is C/C(=C\C(=O)OCCCCCCCCC(=O)O)C[C@@H]1OC[C@H](C[C@H]2O[C@H]2[C@@H](C)[C@H](C)O)[C@@H](O)[C@H]1O.Cc1c(CNCCCNc2cc(=O)c3ccccc3[nH]2)sc(Br)c1Br. The van der Waals surface area contributed by atoms with Gasteiger partial charge in [0, 0.05) is 58.2 Å². The fourth-order valence-corrected chi connectivity index (χ4v) is 9.57. The number of pyridine rings is 1. The van der Waals surface area contributed by atoms with Crippen molar-refractivity contribution in [3.63, 3.8) is 0 Å². The second-order valence-electron chi connectivity index (χ2n) is 16.0. The zero-order valence-corrected chi connectivity index (χ0v) is 39.1. The Kier molecular flexibility index (Phi) is 21.2. The lowest BCUT2D eigenvalue weighted by Gasteiger charge is -2.38. The number of nitrogens with one attached hydrogen (secondary N) is 3. The van der Waals surface area contributed by atoms with E-state index in [1.165, 1.54) is 16.5 Å². The van der Waals surface area contributed by atoms with Gasteiger partial charge >= 0.3 is 11.9 Å². The molecule has 1 aromatic carbocycles. The Bertz CT molecular complexity index is 1900. The van der Waals surface area contributed by atoms with Gasteiger partial charge < -0.3 is 50.3 Å². The number of aliphatic hydroxyl groups is 3. The van der Waals surface area contributed by atoms with Crippen molar-refractivity contribution in [2.24, 2.45) is 11.8 Å². The van der Waals surface area contributed by atoms with Crippen LogP contribution in [0.4, 0.5) is 5.82 Å². The highest BCUT2D eigenvalue weighted by molar-refractivity contribution is 9.13. The van der Waals surface area contributed by atoms with Crippen molar-refractivity contribution in [2.75, 3.05) is 31.6 Å². The summed E-state index contributed by atoms with van der Waals surface area (Å²) in [5.74, 6) is -0.653. The van der Waals surface area contributed by atoms with Crippen LogP contribution in [0.1, 0.15) is 95.4 Å². The van der Waals surface area contributed by atoms with E-state index < -0.39 is 36.4 Å². The van der Waals surface area contributed by atoms with Crippen LogP contribution in [0.5, 0.6) is 0 Å². The number of thiophene rings is 1. The minimum absolute atomic E-state index is 0.0160. The second kappa shape index (κ2) is 25.4. The number of halogens is 2. The Hall–Kier alpha value is -2.67. The number of rotatable bonds is 23. The van der Waals surface area contributed by atoms with Crippen molar-refractivity contribution >= 4 is 71.9 Å². The molecule has 0 radical (unpaired) electrons. The Balaban J connectivity index is 0.000000279. The van der Waals surface area contributed by atoms with Crippen LogP contribution < -0.4 is 16.1 Å². The van der Waals surface area contributed by atoms with Crippen LogP contribution in [0.15, 0.2) is 55.0 Å². The summed E-state index contributed by atoms with van der Waals surface area (Å²) in [5.41, 5.74) is 2.90. The van der Waals surface area contributed by atoms with Crippen molar-refractivity contribution in [1.82, 2.24) is 10.3 Å². The lowest BCUT2D eigenvalue weighted by atomic mass is 9.85. The number of anilines is 1. The molecular weight excluding hydrogens is 922 g/mol.